The first-order valence-electron chi connectivity index (χ1n) is 8.74. The summed E-state index contributed by atoms with van der Waals surface area (Å²) in [7, 11) is 0. The third-order valence-electron chi connectivity index (χ3n) is 4.74. The molecular formula is C20H20N4O2. The van der Waals surface area contributed by atoms with E-state index in [1.807, 2.05) is 49.4 Å². The Morgan fingerprint density at radius 3 is 2.96 bits per heavy atom. The van der Waals surface area contributed by atoms with E-state index in [0.717, 1.165) is 35.0 Å². The summed E-state index contributed by atoms with van der Waals surface area (Å²) in [5.41, 5.74) is 4.28. The van der Waals surface area contributed by atoms with Gasteiger partial charge < -0.3 is 10.2 Å². The van der Waals surface area contributed by atoms with E-state index in [0.29, 0.717) is 12.2 Å². The molecule has 6 nitrogen and oxygen atoms in total. The highest BCUT2D eigenvalue weighted by molar-refractivity contribution is 6.06. The molecule has 2 amide bonds. The van der Waals surface area contributed by atoms with Crippen LogP contribution in [0.25, 0.3) is 10.9 Å². The van der Waals surface area contributed by atoms with E-state index in [4.69, 9.17) is 0 Å². The quantitative estimate of drug-likeness (QED) is 0.764. The Hall–Kier alpha value is -3.15. The molecule has 4 rings (SSSR count). The maximum absolute atomic E-state index is 12.6. The summed E-state index contributed by atoms with van der Waals surface area (Å²) in [5, 5.41) is 10.4. The van der Waals surface area contributed by atoms with Gasteiger partial charge in [-0.25, -0.2) is 0 Å². The molecule has 3 aromatic rings. The van der Waals surface area contributed by atoms with Crippen molar-refractivity contribution in [3.05, 3.63) is 59.3 Å². The highest BCUT2D eigenvalue weighted by Gasteiger charge is 2.23. The third-order valence-corrected chi connectivity index (χ3v) is 4.74. The molecule has 0 aliphatic carbocycles. The lowest BCUT2D eigenvalue weighted by atomic mass is 10.0. The van der Waals surface area contributed by atoms with Crippen LogP contribution in [-0.4, -0.2) is 35.1 Å². The van der Waals surface area contributed by atoms with Gasteiger partial charge in [0.25, 0.3) is 5.91 Å². The second-order valence-corrected chi connectivity index (χ2v) is 6.58. The molecule has 0 saturated heterocycles. The predicted molar refractivity (Wildman–Crippen MR) is 100 cm³/mol. The summed E-state index contributed by atoms with van der Waals surface area (Å²) in [5.74, 6) is -0.456. The van der Waals surface area contributed by atoms with E-state index in [2.05, 4.69) is 15.5 Å². The third kappa shape index (κ3) is 2.94. The number of hydrogen-bond donors (Lipinski definition) is 2. The molecule has 0 fully saturated rings. The van der Waals surface area contributed by atoms with Crippen molar-refractivity contribution in [1.82, 2.24) is 15.5 Å². The van der Waals surface area contributed by atoms with Crippen molar-refractivity contribution in [3.8, 4) is 0 Å². The number of anilines is 1. The highest BCUT2D eigenvalue weighted by Crippen LogP contribution is 2.26. The van der Waals surface area contributed by atoms with Crippen molar-refractivity contribution in [1.29, 1.82) is 0 Å². The Kier molecular flexibility index (Phi) is 4.16. The number of aryl methyl sites for hydroxylation is 2. The van der Waals surface area contributed by atoms with Crippen molar-refractivity contribution >= 4 is 28.4 Å². The van der Waals surface area contributed by atoms with E-state index in [-0.39, 0.29) is 18.4 Å². The van der Waals surface area contributed by atoms with Gasteiger partial charge in [0.15, 0.2) is 5.69 Å². The molecule has 1 aromatic heterocycles. The lowest BCUT2D eigenvalue weighted by Crippen LogP contribution is -2.42. The van der Waals surface area contributed by atoms with Crippen LogP contribution < -0.4 is 10.2 Å². The van der Waals surface area contributed by atoms with Crippen LogP contribution in [0.15, 0.2) is 42.5 Å². The fourth-order valence-electron chi connectivity index (χ4n) is 3.43. The summed E-state index contributed by atoms with van der Waals surface area (Å²) in [6.07, 6.45) is 1.91. The number of benzene rings is 2. The van der Waals surface area contributed by atoms with Gasteiger partial charge in [-0.3, -0.25) is 14.7 Å². The zero-order valence-corrected chi connectivity index (χ0v) is 14.6. The SMILES string of the molecule is Cc1ccc2[nH]nc(C(=O)NCC(=O)N3CCCc4ccccc43)c2c1. The number of rotatable bonds is 3. The van der Waals surface area contributed by atoms with E-state index in [1.165, 1.54) is 5.56 Å². The Balaban J connectivity index is 1.48. The van der Waals surface area contributed by atoms with Gasteiger partial charge in [0.05, 0.1) is 12.1 Å². The van der Waals surface area contributed by atoms with Crippen molar-refractivity contribution in [2.24, 2.45) is 0 Å². The first-order chi connectivity index (χ1) is 12.6. The maximum Gasteiger partial charge on any atom is 0.272 e. The summed E-state index contributed by atoms with van der Waals surface area (Å²) in [6.45, 7) is 2.59. The molecule has 0 radical (unpaired) electrons. The molecule has 1 aliphatic heterocycles. The fraction of sp³-hybridized carbons (Fsp3) is 0.250. The summed E-state index contributed by atoms with van der Waals surface area (Å²) in [6, 6.07) is 13.7. The van der Waals surface area contributed by atoms with Crippen molar-refractivity contribution in [2.45, 2.75) is 19.8 Å². The molecule has 26 heavy (non-hydrogen) atoms. The van der Waals surface area contributed by atoms with Crippen molar-refractivity contribution in [2.75, 3.05) is 18.0 Å². The largest absolute Gasteiger partial charge is 0.342 e. The molecular weight excluding hydrogens is 328 g/mol. The van der Waals surface area contributed by atoms with Crippen molar-refractivity contribution < 1.29 is 9.59 Å². The summed E-state index contributed by atoms with van der Waals surface area (Å²) < 4.78 is 0. The molecule has 2 N–H and O–H groups in total. The number of H-pyrrole nitrogens is 1. The lowest BCUT2D eigenvalue weighted by molar-refractivity contribution is -0.117. The molecule has 0 bridgehead atoms. The average Bonchev–Trinajstić information content (AvgIpc) is 3.08. The van der Waals surface area contributed by atoms with Gasteiger partial charge in [0.1, 0.15) is 0 Å². The number of carbonyl (C=O) groups excluding carboxylic acids is 2. The van der Waals surface area contributed by atoms with Crippen LogP contribution in [0.1, 0.15) is 28.0 Å². The van der Waals surface area contributed by atoms with Gasteiger partial charge in [-0.2, -0.15) is 5.10 Å². The van der Waals surface area contributed by atoms with Gasteiger partial charge in [-0.1, -0.05) is 29.8 Å². The average molecular weight is 348 g/mol. The molecule has 0 saturated carbocycles. The minimum Gasteiger partial charge on any atom is -0.342 e. The zero-order chi connectivity index (χ0) is 18.1. The predicted octanol–water partition coefficient (Wildman–Crippen LogP) is 2.58. The number of para-hydroxylation sites is 1. The van der Waals surface area contributed by atoms with Crippen LogP contribution in [0, 0.1) is 6.92 Å². The lowest BCUT2D eigenvalue weighted by Gasteiger charge is -2.29. The number of nitrogens with zero attached hydrogens (tertiary/aromatic N) is 2. The molecule has 0 spiro atoms. The van der Waals surface area contributed by atoms with E-state index in [9.17, 15) is 9.59 Å². The van der Waals surface area contributed by atoms with Crippen molar-refractivity contribution in [3.63, 3.8) is 0 Å². The Labute approximate surface area is 151 Å². The van der Waals surface area contributed by atoms with Crippen LogP contribution in [0.4, 0.5) is 5.69 Å². The molecule has 1 aliphatic rings. The summed E-state index contributed by atoms with van der Waals surface area (Å²) in [4.78, 5) is 26.9. The minimum absolute atomic E-state index is 0.0483. The highest BCUT2D eigenvalue weighted by atomic mass is 16.2. The molecule has 132 valence electrons. The molecule has 2 heterocycles. The first-order valence-corrected chi connectivity index (χ1v) is 8.74. The number of carbonyl (C=O) groups is 2. The monoisotopic (exact) mass is 348 g/mol. The zero-order valence-electron chi connectivity index (χ0n) is 14.6. The maximum atomic E-state index is 12.6. The topological polar surface area (TPSA) is 78.1 Å². The number of nitrogens with one attached hydrogen (secondary N) is 2. The van der Waals surface area contributed by atoms with Crippen LogP contribution in [-0.2, 0) is 11.2 Å². The second kappa shape index (κ2) is 6.63. The number of aromatic amines is 1. The smallest absolute Gasteiger partial charge is 0.272 e. The van der Waals surface area contributed by atoms with E-state index >= 15 is 0 Å². The number of hydrogen-bond acceptors (Lipinski definition) is 3. The van der Waals surface area contributed by atoms with E-state index in [1.54, 1.807) is 4.90 Å². The Bertz CT molecular complexity index is 992. The number of aromatic nitrogens is 2. The normalized spacial score (nSPS) is 13.5. The van der Waals surface area contributed by atoms with E-state index < -0.39 is 0 Å². The van der Waals surface area contributed by atoms with Gasteiger partial charge in [0, 0.05) is 17.6 Å². The fourth-order valence-corrected chi connectivity index (χ4v) is 3.43. The minimum atomic E-state index is -0.347. The van der Waals surface area contributed by atoms with Crippen LogP contribution in [0.5, 0.6) is 0 Å². The van der Waals surface area contributed by atoms with Crippen LogP contribution >= 0.6 is 0 Å². The van der Waals surface area contributed by atoms with Gasteiger partial charge in [-0.05, 0) is 43.5 Å². The second-order valence-electron chi connectivity index (χ2n) is 6.58. The van der Waals surface area contributed by atoms with Crippen LogP contribution in [0.3, 0.4) is 0 Å². The Morgan fingerprint density at radius 2 is 2.08 bits per heavy atom. The Morgan fingerprint density at radius 1 is 1.23 bits per heavy atom. The van der Waals surface area contributed by atoms with Gasteiger partial charge in [0.2, 0.25) is 5.91 Å². The molecule has 0 unspecified atom stereocenters. The molecule has 0 atom stereocenters. The van der Waals surface area contributed by atoms with Gasteiger partial charge >= 0.3 is 0 Å². The van der Waals surface area contributed by atoms with Gasteiger partial charge in [-0.15, -0.1) is 0 Å². The number of fused-ring (bicyclic) bond motifs is 2. The summed E-state index contributed by atoms with van der Waals surface area (Å²) >= 11 is 0. The standard InChI is InChI=1S/C20H20N4O2/c1-13-8-9-16-15(11-13)19(23-22-16)20(26)21-12-18(25)24-10-4-6-14-5-2-3-7-17(14)24/h2-3,5,7-9,11H,4,6,10,12H2,1H3,(H,21,26)(H,22,23). The number of amides is 2. The molecule has 6 heteroatoms. The first kappa shape index (κ1) is 16.3. The molecule has 2 aromatic carbocycles. The van der Waals surface area contributed by atoms with Crippen LogP contribution in [0.2, 0.25) is 0 Å².